The number of rotatable bonds is 10. The van der Waals surface area contributed by atoms with Crippen molar-refractivity contribution in [2.24, 2.45) is 67.2 Å². The van der Waals surface area contributed by atoms with E-state index >= 15 is 0 Å². The van der Waals surface area contributed by atoms with Crippen molar-refractivity contribution >= 4 is 24.4 Å². The van der Waals surface area contributed by atoms with Crippen molar-refractivity contribution in [3.8, 4) is 0 Å². The topological polar surface area (TPSA) is 199 Å². The molecule has 348 valence electrons. The van der Waals surface area contributed by atoms with Crippen molar-refractivity contribution in [3.05, 3.63) is 23.3 Å². The number of hydrogen-bond acceptors (Lipinski definition) is 12. The highest BCUT2D eigenvalue weighted by Gasteiger charge is 2.73. The zero-order valence-electron chi connectivity index (χ0n) is 37.8. The van der Waals surface area contributed by atoms with Gasteiger partial charge >= 0.3 is 11.9 Å². The van der Waals surface area contributed by atoms with E-state index < -0.39 is 45.4 Å². The molecule has 2 aliphatic heterocycles. The van der Waals surface area contributed by atoms with Gasteiger partial charge in [-0.15, -0.1) is 0 Å². The minimum Gasteiger partial charge on any atom is -0.458 e. The van der Waals surface area contributed by atoms with Crippen LogP contribution in [0.3, 0.4) is 0 Å². The molecule has 0 bridgehead atoms. The van der Waals surface area contributed by atoms with Gasteiger partial charge in [0.05, 0.1) is 34.6 Å². The number of ether oxygens (including phenoxy) is 2. The van der Waals surface area contributed by atoms with Crippen molar-refractivity contribution in [1.29, 1.82) is 0 Å². The number of aliphatic imine (C=N–C) groups is 2. The van der Waals surface area contributed by atoms with Crippen molar-refractivity contribution in [1.82, 2.24) is 0 Å². The first-order valence-corrected chi connectivity index (χ1v) is 25.0. The smallest absolute Gasteiger partial charge is 0.331 e. The van der Waals surface area contributed by atoms with Gasteiger partial charge in [-0.2, -0.15) is 0 Å². The van der Waals surface area contributed by atoms with Gasteiger partial charge < -0.3 is 40.1 Å². The van der Waals surface area contributed by atoms with E-state index in [2.05, 4.69) is 26.3 Å². The molecule has 0 aromatic rings. The number of nitrogens with zero attached hydrogens (tertiary/aromatic N) is 2. The molecule has 0 aromatic carbocycles. The van der Waals surface area contributed by atoms with E-state index in [-0.39, 0.29) is 58.3 Å². The SMILES string of the molecule is C[C@]12CC[C@H]3[C@@H](CC[C@@]4(O)C[C@@H](O)CC[C@]34C=NCCCCCN=C[C@]34CC[C@@H](O)C[C@@]3(O)CC[C@H]3[C@@H]4CC[C@]4(C)[C@H](C5=CC(=O)OC5)CC[C@@]34O)[C@]1(O)CC[C@H]2C1=CC(=O)OC1. The zero-order valence-corrected chi connectivity index (χ0v) is 37.8. The minimum absolute atomic E-state index is 0.00329. The fraction of sp³-hybridized carbons (Fsp3) is 0.843. The van der Waals surface area contributed by atoms with Gasteiger partial charge in [0.25, 0.3) is 0 Å². The Morgan fingerprint density at radius 2 is 0.968 bits per heavy atom. The number of fused-ring (bicyclic) bond motifs is 10. The van der Waals surface area contributed by atoms with Crippen LogP contribution in [0.15, 0.2) is 33.3 Å². The summed E-state index contributed by atoms with van der Waals surface area (Å²) in [6.45, 7) is 6.29. The second kappa shape index (κ2) is 15.5. The highest BCUT2D eigenvalue weighted by molar-refractivity contribution is 5.86. The zero-order chi connectivity index (χ0) is 44.3. The predicted molar refractivity (Wildman–Crippen MR) is 236 cm³/mol. The molecule has 12 heteroatoms. The van der Waals surface area contributed by atoms with Crippen LogP contribution in [-0.2, 0) is 19.1 Å². The first-order chi connectivity index (χ1) is 30.0. The summed E-state index contributed by atoms with van der Waals surface area (Å²) >= 11 is 0. The lowest BCUT2D eigenvalue weighted by Gasteiger charge is -2.65. The standard InChI is InChI=1S/C51H74N2O10/c1-44-14-8-38-40(50(44,60)20-12-36(44)32-24-42(56)62-28-32)10-18-48(58)26-34(54)6-16-46(38,48)30-52-22-4-3-5-23-53-31-47-17-7-35(55)27-49(47,59)19-11-41-39(47)9-15-45(2)37(13-21-51(41,45)61)33-25-43(57)63-29-33/h24-25,30-31,34-41,54-55,58-61H,3-23,26-29H2,1-2H3/t34-,35+,36-,37-,38-,39-,40+,41-,44+,45+,46-,47-,48+,49-,50+,51+/m0/s1. The molecule has 10 rings (SSSR count). The van der Waals surface area contributed by atoms with Crippen LogP contribution in [0.4, 0.5) is 0 Å². The van der Waals surface area contributed by atoms with Gasteiger partial charge in [-0.1, -0.05) is 13.8 Å². The van der Waals surface area contributed by atoms with E-state index in [4.69, 9.17) is 19.5 Å². The van der Waals surface area contributed by atoms with Crippen molar-refractivity contribution in [2.45, 2.75) is 183 Å². The van der Waals surface area contributed by atoms with Crippen LogP contribution in [0.1, 0.15) is 149 Å². The second-order valence-electron chi connectivity index (χ2n) is 23.2. The number of esters is 2. The Morgan fingerprint density at radius 1 is 0.556 bits per heavy atom. The van der Waals surface area contributed by atoms with E-state index in [0.717, 1.165) is 68.9 Å². The molecule has 8 fully saturated rings. The van der Waals surface area contributed by atoms with Crippen LogP contribution in [0.2, 0.25) is 0 Å². The number of aliphatic hydroxyl groups is 6. The van der Waals surface area contributed by atoms with Crippen LogP contribution >= 0.6 is 0 Å². The minimum atomic E-state index is -1.08. The second-order valence-corrected chi connectivity index (χ2v) is 23.2. The highest BCUT2D eigenvalue weighted by atomic mass is 16.5. The van der Waals surface area contributed by atoms with Crippen LogP contribution in [-0.4, -0.2) is 116 Å². The Labute approximate surface area is 373 Å². The number of unbranched alkanes of at least 4 members (excludes halogenated alkanes) is 2. The van der Waals surface area contributed by atoms with E-state index in [9.17, 15) is 40.2 Å². The molecule has 0 saturated heterocycles. The molecule has 0 aromatic heterocycles. The summed E-state index contributed by atoms with van der Waals surface area (Å²) < 4.78 is 10.6. The van der Waals surface area contributed by atoms with Gasteiger partial charge in [0.1, 0.15) is 13.2 Å². The van der Waals surface area contributed by atoms with E-state index in [1.54, 1.807) is 12.2 Å². The lowest BCUT2D eigenvalue weighted by Crippen LogP contribution is -2.68. The normalized spacial score (nSPS) is 51.4. The van der Waals surface area contributed by atoms with Crippen molar-refractivity contribution in [3.63, 3.8) is 0 Å². The third-order valence-electron chi connectivity index (χ3n) is 21.0. The number of carbonyl (C=O) groups is 2. The summed E-state index contributed by atoms with van der Waals surface area (Å²) in [7, 11) is 0. The van der Waals surface area contributed by atoms with Crippen LogP contribution in [0.5, 0.6) is 0 Å². The quantitative estimate of drug-likeness (QED) is 0.0897. The third-order valence-corrected chi connectivity index (χ3v) is 21.0. The molecule has 0 spiro atoms. The first-order valence-electron chi connectivity index (χ1n) is 25.0. The summed E-state index contributed by atoms with van der Waals surface area (Å²) in [6, 6.07) is 0. The number of cyclic esters (lactones) is 2. The maximum Gasteiger partial charge on any atom is 0.331 e. The van der Waals surface area contributed by atoms with Gasteiger partial charge in [-0.25, -0.2) is 9.59 Å². The summed E-state index contributed by atoms with van der Waals surface area (Å²) in [5, 5.41) is 72.1. The number of aliphatic hydroxyl groups excluding tert-OH is 2. The molecule has 16 atom stereocenters. The monoisotopic (exact) mass is 875 g/mol. The fourth-order valence-corrected chi connectivity index (χ4v) is 17.8. The molecule has 10 aliphatic rings. The Kier molecular flexibility index (Phi) is 10.9. The number of hydrogen-bond donors (Lipinski definition) is 6. The maximum absolute atomic E-state index is 12.8. The maximum atomic E-state index is 12.8. The Balaban J connectivity index is 0.800. The number of carbonyl (C=O) groups excluding carboxylic acids is 2. The van der Waals surface area contributed by atoms with E-state index in [1.165, 1.54) is 0 Å². The molecule has 8 aliphatic carbocycles. The van der Waals surface area contributed by atoms with Gasteiger partial charge in [0.2, 0.25) is 0 Å². The summed E-state index contributed by atoms with van der Waals surface area (Å²) in [6.07, 6.45) is 20.9. The Morgan fingerprint density at radius 3 is 1.37 bits per heavy atom. The summed E-state index contributed by atoms with van der Waals surface area (Å²) in [4.78, 5) is 34.2. The molecule has 0 radical (unpaired) electrons. The van der Waals surface area contributed by atoms with Gasteiger partial charge in [-0.05, 0) is 169 Å². The van der Waals surface area contributed by atoms with Crippen molar-refractivity contribution < 1.29 is 49.7 Å². The molecular formula is C51H74N2O10. The lowest BCUT2D eigenvalue weighted by molar-refractivity contribution is -0.237. The summed E-state index contributed by atoms with van der Waals surface area (Å²) in [5.74, 6) is -0.296. The van der Waals surface area contributed by atoms with Crippen LogP contribution < -0.4 is 0 Å². The molecule has 2 heterocycles. The molecule has 6 N–H and O–H groups in total. The van der Waals surface area contributed by atoms with Gasteiger partial charge in [0.15, 0.2) is 0 Å². The summed E-state index contributed by atoms with van der Waals surface area (Å²) in [5.41, 5.74) is -3.97. The molecule has 12 nitrogen and oxygen atoms in total. The lowest BCUT2D eigenvalue weighted by atomic mass is 9.41. The van der Waals surface area contributed by atoms with Gasteiger partial charge in [-0.3, -0.25) is 9.98 Å². The van der Waals surface area contributed by atoms with E-state index in [0.29, 0.717) is 103 Å². The van der Waals surface area contributed by atoms with E-state index in [1.807, 2.05) is 0 Å². The van der Waals surface area contributed by atoms with Gasteiger partial charge in [0, 0.05) is 72.2 Å². The Bertz CT molecular complexity index is 1830. The molecule has 0 unspecified atom stereocenters. The Hall–Kier alpha value is -2.48. The predicted octanol–water partition coefficient (Wildman–Crippen LogP) is 5.72. The first kappa shape index (κ1) is 44.4. The highest BCUT2D eigenvalue weighted by Crippen LogP contribution is 2.72. The molecule has 63 heavy (non-hydrogen) atoms. The molecular weight excluding hydrogens is 801 g/mol. The molecule has 8 saturated carbocycles. The average molecular weight is 875 g/mol. The van der Waals surface area contributed by atoms with Crippen LogP contribution in [0.25, 0.3) is 0 Å². The molecule has 0 amide bonds. The fourth-order valence-electron chi connectivity index (χ4n) is 17.8. The largest absolute Gasteiger partial charge is 0.458 e. The van der Waals surface area contributed by atoms with Crippen molar-refractivity contribution in [2.75, 3.05) is 26.3 Å². The van der Waals surface area contributed by atoms with Crippen LogP contribution in [0, 0.1) is 57.2 Å². The average Bonchev–Trinajstić information content (AvgIpc) is 4.00. The third kappa shape index (κ3) is 6.39.